The summed E-state index contributed by atoms with van der Waals surface area (Å²) >= 11 is 0. The highest BCUT2D eigenvalue weighted by Crippen LogP contribution is 2.21. The molecule has 0 aromatic heterocycles. The molecular formula is C11H12F2N2O. The minimum absolute atomic E-state index is 0.105. The topological polar surface area (TPSA) is 45.0 Å². The van der Waals surface area contributed by atoms with Crippen molar-refractivity contribution >= 4 is 0 Å². The number of ether oxygens (including phenoxy) is 1. The van der Waals surface area contributed by atoms with E-state index in [0.29, 0.717) is 13.0 Å². The highest BCUT2D eigenvalue weighted by molar-refractivity contribution is 5.31. The minimum atomic E-state index is -0.584. The zero-order chi connectivity index (χ0) is 12.0. The van der Waals surface area contributed by atoms with Crippen molar-refractivity contribution in [3.63, 3.8) is 0 Å². The Hall–Kier alpha value is -1.67. The van der Waals surface area contributed by atoms with Gasteiger partial charge in [-0.2, -0.15) is 5.26 Å². The first-order valence-electron chi connectivity index (χ1n) is 4.78. The second-order valence-corrected chi connectivity index (χ2v) is 3.16. The Morgan fingerprint density at radius 2 is 2.12 bits per heavy atom. The quantitative estimate of drug-likeness (QED) is 0.613. The predicted octanol–water partition coefficient (Wildman–Crippen LogP) is 1.63. The lowest BCUT2D eigenvalue weighted by molar-refractivity contribution is 0.381. The van der Waals surface area contributed by atoms with Crippen LogP contribution in [0.5, 0.6) is 5.75 Å². The largest absolute Gasteiger partial charge is 0.494 e. The van der Waals surface area contributed by atoms with Crippen LogP contribution in [-0.4, -0.2) is 20.2 Å². The van der Waals surface area contributed by atoms with Gasteiger partial charge in [0, 0.05) is 12.6 Å². The molecule has 0 bridgehead atoms. The number of hydrogen-bond acceptors (Lipinski definition) is 3. The predicted molar refractivity (Wildman–Crippen MR) is 55.1 cm³/mol. The maximum absolute atomic E-state index is 13.4. The number of rotatable bonds is 5. The molecule has 0 aliphatic carbocycles. The molecule has 0 saturated carbocycles. The van der Waals surface area contributed by atoms with E-state index in [1.54, 1.807) is 0 Å². The first kappa shape index (κ1) is 12.4. The van der Waals surface area contributed by atoms with Crippen LogP contribution in [0.2, 0.25) is 0 Å². The molecule has 0 aliphatic rings. The molecule has 1 N–H and O–H groups in total. The van der Waals surface area contributed by atoms with E-state index in [9.17, 15) is 8.78 Å². The molecule has 0 saturated heterocycles. The van der Waals surface area contributed by atoms with Gasteiger partial charge in [0.1, 0.15) is 5.82 Å². The van der Waals surface area contributed by atoms with Crippen LogP contribution in [-0.2, 0) is 6.42 Å². The number of nitrogens with zero attached hydrogens (tertiary/aromatic N) is 1. The first-order valence-corrected chi connectivity index (χ1v) is 4.78. The molecule has 0 heterocycles. The summed E-state index contributed by atoms with van der Waals surface area (Å²) in [6, 6.07) is 4.04. The molecule has 1 aromatic rings. The van der Waals surface area contributed by atoms with Gasteiger partial charge in [-0.3, -0.25) is 0 Å². The lowest BCUT2D eigenvalue weighted by Gasteiger charge is -2.07. The highest BCUT2D eigenvalue weighted by Gasteiger charge is 2.09. The fraction of sp³-hybridized carbons (Fsp3) is 0.364. The van der Waals surface area contributed by atoms with Gasteiger partial charge in [0.05, 0.1) is 19.7 Å². The van der Waals surface area contributed by atoms with Crippen molar-refractivity contribution < 1.29 is 13.5 Å². The second-order valence-electron chi connectivity index (χ2n) is 3.16. The van der Waals surface area contributed by atoms with Gasteiger partial charge in [-0.1, -0.05) is 0 Å². The summed E-state index contributed by atoms with van der Waals surface area (Å²) in [6.45, 7) is 0.622. The van der Waals surface area contributed by atoms with E-state index in [2.05, 4.69) is 10.1 Å². The number of hydrogen-bond donors (Lipinski definition) is 1. The van der Waals surface area contributed by atoms with E-state index in [4.69, 9.17) is 5.26 Å². The molecule has 16 heavy (non-hydrogen) atoms. The van der Waals surface area contributed by atoms with E-state index < -0.39 is 11.6 Å². The summed E-state index contributed by atoms with van der Waals surface area (Å²) in [6.07, 6.45) is 0.328. The van der Waals surface area contributed by atoms with Crippen molar-refractivity contribution in [2.45, 2.75) is 6.42 Å². The van der Waals surface area contributed by atoms with Crippen molar-refractivity contribution in [1.29, 1.82) is 5.26 Å². The van der Waals surface area contributed by atoms with Gasteiger partial charge in [-0.15, -0.1) is 0 Å². The van der Waals surface area contributed by atoms with Crippen LogP contribution >= 0.6 is 0 Å². The SMILES string of the molecule is COc1cc(F)c(CCNCC#N)cc1F. The van der Waals surface area contributed by atoms with E-state index in [1.807, 2.05) is 6.07 Å². The van der Waals surface area contributed by atoms with Crippen LogP contribution < -0.4 is 10.1 Å². The molecule has 1 rings (SSSR count). The molecule has 86 valence electrons. The third-order valence-electron chi connectivity index (χ3n) is 2.10. The Morgan fingerprint density at radius 3 is 2.75 bits per heavy atom. The van der Waals surface area contributed by atoms with Gasteiger partial charge in [-0.05, 0) is 18.1 Å². The summed E-state index contributed by atoms with van der Waals surface area (Å²) in [5, 5.41) is 11.0. The standard InChI is InChI=1S/C11H12F2N2O/c1-16-11-7-9(12)8(6-10(11)13)2-4-15-5-3-14/h6-7,15H,2,4-5H2,1H3. The molecule has 5 heteroatoms. The molecule has 0 spiro atoms. The van der Waals surface area contributed by atoms with Gasteiger partial charge in [0.15, 0.2) is 11.6 Å². The molecule has 0 amide bonds. The number of nitrogens with one attached hydrogen (secondary N) is 1. The summed E-state index contributed by atoms with van der Waals surface area (Å²) in [7, 11) is 1.28. The molecule has 0 radical (unpaired) electrons. The van der Waals surface area contributed by atoms with E-state index in [1.165, 1.54) is 7.11 Å². The van der Waals surface area contributed by atoms with Crippen LogP contribution in [0.3, 0.4) is 0 Å². The average Bonchev–Trinajstić information content (AvgIpc) is 2.28. The molecule has 1 aromatic carbocycles. The van der Waals surface area contributed by atoms with E-state index in [-0.39, 0.29) is 17.9 Å². The molecule has 3 nitrogen and oxygen atoms in total. The lowest BCUT2D eigenvalue weighted by Crippen LogP contribution is -2.17. The van der Waals surface area contributed by atoms with Crippen molar-refractivity contribution in [3.8, 4) is 11.8 Å². The Morgan fingerprint density at radius 1 is 1.38 bits per heavy atom. The zero-order valence-corrected chi connectivity index (χ0v) is 8.89. The Bertz CT molecular complexity index is 402. The van der Waals surface area contributed by atoms with Gasteiger partial charge in [0.2, 0.25) is 0 Å². The zero-order valence-electron chi connectivity index (χ0n) is 8.89. The summed E-state index contributed by atoms with van der Waals surface area (Å²) in [5.74, 6) is -1.19. The van der Waals surface area contributed by atoms with E-state index >= 15 is 0 Å². The minimum Gasteiger partial charge on any atom is -0.494 e. The van der Waals surface area contributed by atoms with Crippen LogP contribution in [0.1, 0.15) is 5.56 Å². The monoisotopic (exact) mass is 226 g/mol. The number of benzene rings is 1. The summed E-state index contributed by atoms with van der Waals surface area (Å²) in [5.41, 5.74) is 0.267. The maximum atomic E-state index is 13.4. The van der Waals surface area contributed by atoms with Crippen LogP contribution in [0.25, 0.3) is 0 Å². The van der Waals surface area contributed by atoms with Crippen molar-refractivity contribution in [2.24, 2.45) is 0 Å². The van der Waals surface area contributed by atoms with E-state index in [0.717, 1.165) is 12.1 Å². The summed E-state index contributed by atoms with van der Waals surface area (Å²) < 4.78 is 31.3. The Kier molecular flexibility index (Phi) is 4.67. The molecule has 0 aliphatic heterocycles. The lowest BCUT2D eigenvalue weighted by atomic mass is 10.1. The normalized spacial score (nSPS) is 9.88. The number of methoxy groups -OCH3 is 1. The second kappa shape index (κ2) is 6.03. The molecule has 0 unspecified atom stereocenters. The van der Waals surface area contributed by atoms with Gasteiger partial charge in [0.25, 0.3) is 0 Å². The molecular weight excluding hydrogens is 214 g/mol. The fourth-order valence-corrected chi connectivity index (χ4v) is 1.29. The third-order valence-corrected chi connectivity index (χ3v) is 2.10. The van der Waals surface area contributed by atoms with Gasteiger partial charge in [-0.25, -0.2) is 8.78 Å². The fourth-order valence-electron chi connectivity index (χ4n) is 1.29. The van der Waals surface area contributed by atoms with Crippen LogP contribution in [0.15, 0.2) is 12.1 Å². The molecule has 0 fully saturated rings. The van der Waals surface area contributed by atoms with Gasteiger partial charge < -0.3 is 10.1 Å². The Labute approximate surface area is 92.6 Å². The summed E-state index contributed by atoms with van der Waals surface area (Å²) in [4.78, 5) is 0. The van der Waals surface area contributed by atoms with Crippen molar-refractivity contribution in [1.82, 2.24) is 5.32 Å². The number of halogens is 2. The smallest absolute Gasteiger partial charge is 0.165 e. The van der Waals surface area contributed by atoms with Crippen LogP contribution in [0, 0.1) is 23.0 Å². The van der Waals surface area contributed by atoms with Crippen molar-refractivity contribution in [3.05, 3.63) is 29.3 Å². The third kappa shape index (κ3) is 3.17. The number of nitriles is 1. The van der Waals surface area contributed by atoms with Crippen molar-refractivity contribution in [2.75, 3.05) is 20.2 Å². The maximum Gasteiger partial charge on any atom is 0.165 e. The molecule has 0 atom stereocenters. The first-order chi connectivity index (χ1) is 7.69. The highest BCUT2D eigenvalue weighted by atomic mass is 19.1. The Balaban J connectivity index is 2.67. The average molecular weight is 226 g/mol. The van der Waals surface area contributed by atoms with Gasteiger partial charge >= 0.3 is 0 Å². The van der Waals surface area contributed by atoms with Crippen LogP contribution in [0.4, 0.5) is 8.78 Å².